The zero-order valence-corrected chi connectivity index (χ0v) is 22.5. The third-order valence-corrected chi connectivity index (χ3v) is 7.58. The molecule has 1 nitrogen and oxygen atoms in total. The third kappa shape index (κ3) is 6.78. The molecule has 1 atom stereocenters. The van der Waals surface area contributed by atoms with Gasteiger partial charge in [0.2, 0.25) is 0 Å². The van der Waals surface area contributed by atoms with E-state index in [1.165, 1.54) is 90.7 Å². The van der Waals surface area contributed by atoms with Crippen molar-refractivity contribution >= 4 is 21.8 Å². The van der Waals surface area contributed by atoms with E-state index in [1.54, 1.807) is 0 Å². The number of rotatable bonds is 12. The molecule has 3 aromatic carbocycles. The monoisotopic (exact) mass is 467 g/mol. The Morgan fingerprint density at radius 2 is 1.20 bits per heavy atom. The maximum Gasteiger partial charge on any atom is 0.0491 e. The number of nitrogens with zero attached hydrogens (tertiary/aromatic N) is 1. The highest BCUT2D eigenvalue weighted by atomic mass is 15.0. The quantitative estimate of drug-likeness (QED) is 0.183. The van der Waals surface area contributed by atoms with E-state index in [9.17, 15) is 0 Å². The third-order valence-electron chi connectivity index (χ3n) is 7.58. The van der Waals surface area contributed by atoms with Crippen LogP contribution in [0.3, 0.4) is 0 Å². The van der Waals surface area contributed by atoms with Gasteiger partial charge in [-0.3, -0.25) is 0 Å². The summed E-state index contributed by atoms with van der Waals surface area (Å²) in [5.41, 5.74) is 6.18. The molecule has 4 rings (SSSR count). The summed E-state index contributed by atoms with van der Waals surface area (Å²) < 4.78 is 2.53. The molecule has 0 spiro atoms. The summed E-state index contributed by atoms with van der Waals surface area (Å²) in [5, 5.41) is 2.77. The second-order valence-corrected chi connectivity index (χ2v) is 11.7. The van der Waals surface area contributed by atoms with Gasteiger partial charge in [0, 0.05) is 28.4 Å². The zero-order chi connectivity index (χ0) is 24.7. The first-order valence-corrected chi connectivity index (χ1v) is 14.0. The Labute approximate surface area is 213 Å². The molecule has 0 aliphatic rings. The minimum Gasteiger partial charge on any atom is -0.340 e. The molecular weight excluding hydrogens is 422 g/mol. The van der Waals surface area contributed by atoms with Crippen LogP contribution in [0.25, 0.3) is 21.8 Å². The Morgan fingerprint density at radius 3 is 1.77 bits per heavy atom. The molecule has 0 saturated heterocycles. The molecule has 0 saturated carbocycles. The smallest absolute Gasteiger partial charge is 0.0491 e. The highest BCUT2D eigenvalue weighted by Gasteiger charge is 2.18. The summed E-state index contributed by atoms with van der Waals surface area (Å²) in [4.78, 5) is 0. The van der Waals surface area contributed by atoms with E-state index in [0.29, 0.717) is 11.3 Å². The van der Waals surface area contributed by atoms with E-state index < -0.39 is 0 Å². The Morgan fingerprint density at radius 1 is 0.657 bits per heavy atom. The summed E-state index contributed by atoms with van der Waals surface area (Å²) in [7, 11) is 0. The lowest BCUT2D eigenvalue weighted by atomic mass is 9.80. The molecular formula is C34H45N. The average Bonchev–Trinajstić information content (AvgIpc) is 3.18. The van der Waals surface area contributed by atoms with E-state index in [2.05, 4.69) is 105 Å². The molecule has 0 amide bonds. The van der Waals surface area contributed by atoms with Gasteiger partial charge in [0.15, 0.2) is 0 Å². The van der Waals surface area contributed by atoms with E-state index in [0.717, 1.165) is 6.54 Å². The van der Waals surface area contributed by atoms with Crippen LogP contribution in [0.15, 0.2) is 72.8 Å². The second kappa shape index (κ2) is 11.9. The fraction of sp³-hybridized carbons (Fsp3) is 0.471. The highest BCUT2D eigenvalue weighted by molar-refractivity contribution is 6.07. The molecule has 1 heteroatoms. The number of unbranched alkanes of at least 4 members (excludes halogenated alkanes) is 5. The van der Waals surface area contributed by atoms with Gasteiger partial charge in [-0.05, 0) is 66.7 Å². The molecule has 1 aromatic heterocycles. The van der Waals surface area contributed by atoms with Crippen LogP contribution in [0, 0.1) is 5.41 Å². The normalized spacial score (nSPS) is 13.0. The summed E-state index contributed by atoms with van der Waals surface area (Å²) >= 11 is 0. The van der Waals surface area contributed by atoms with Gasteiger partial charge >= 0.3 is 0 Å². The van der Waals surface area contributed by atoms with E-state index in [-0.39, 0.29) is 0 Å². The van der Waals surface area contributed by atoms with Gasteiger partial charge in [-0.15, -0.1) is 0 Å². The van der Waals surface area contributed by atoms with Gasteiger partial charge in [0.1, 0.15) is 0 Å². The van der Waals surface area contributed by atoms with Gasteiger partial charge in [-0.25, -0.2) is 0 Å². The predicted molar refractivity (Wildman–Crippen MR) is 154 cm³/mol. The summed E-state index contributed by atoms with van der Waals surface area (Å²) in [6, 6.07) is 27.3. The molecule has 0 bridgehead atoms. The topological polar surface area (TPSA) is 4.93 Å². The van der Waals surface area contributed by atoms with Crippen molar-refractivity contribution in [2.45, 2.75) is 97.9 Å². The Bertz CT molecular complexity index is 1140. The van der Waals surface area contributed by atoms with Crippen LogP contribution in [0.2, 0.25) is 0 Å². The van der Waals surface area contributed by atoms with Crippen molar-refractivity contribution in [3.8, 4) is 0 Å². The molecule has 0 fully saturated rings. The minimum absolute atomic E-state index is 0.392. The van der Waals surface area contributed by atoms with Crippen LogP contribution in [0.5, 0.6) is 0 Å². The lowest BCUT2D eigenvalue weighted by Gasteiger charge is -2.25. The van der Waals surface area contributed by atoms with Crippen molar-refractivity contribution in [2.75, 3.05) is 0 Å². The summed E-state index contributed by atoms with van der Waals surface area (Å²) in [6.07, 6.45) is 11.7. The van der Waals surface area contributed by atoms with Crippen molar-refractivity contribution in [1.29, 1.82) is 0 Å². The Hall–Kier alpha value is -2.54. The molecule has 1 heterocycles. The first-order valence-electron chi connectivity index (χ1n) is 14.0. The first kappa shape index (κ1) is 25.5. The van der Waals surface area contributed by atoms with Gasteiger partial charge in [-0.2, -0.15) is 0 Å². The minimum atomic E-state index is 0.392. The fourth-order valence-corrected chi connectivity index (χ4v) is 5.74. The number of hydrogen-bond donors (Lipinski definition) is 0. The number of aryl methyl sites for hydroxylation is 2. The molecule has 0 N–H and O–H groups in total. The molecule has 1 unspecified atom stereocenters. The van der Waals surface area contributed by atoms with Crippen LogP contribution in [-0.2, 0) is 13.0 Å². The largest absolute Gasteiger partial charge is 0.340 e. The fourth-order valence-electron chi connectivity index (χ4n) is 5.74. The molecule has 4 aromatic rings. The number of benzene rings is 3. The van der Waals surface area contributed by atoms with Crippen LogP contribution >= 0.6 is 0 Å². The van der Waals surface area contributed by atoms with Crippen LogP contribution in [-0.4, -0.2) is 4.57 Å². The molecule has 35 heavy (non-hydrogen) atoms. The van der Waals surface area contributed by atoms with Crippen molar-refractivity contribution in [1.82, 2.24) is 4.57 Å². The highest BCUT2D eigenvalue weighted by Crippen LogP contribution is 2.33. The van der Waals surface area contributed by atoms with Crippen LogP contribution in [0.4, 0.5) is 0 Å². The van der Waals surface area contributed by atoms with E-state index >= 15 is 0 Å². The molecule has 0 aliphatic carbocycles. The van der Waals surface area contributed by atoms with Crippen LogP contribution in [0.1, 0.15) is 96.1 Å². The lowest BCUT2D eigenvalue weighted by Crippen LogP contribution is -2.11. The predicted octanol–water partition coefficient (Wildman–Crippen LogP) is 10.3. The maximum absolute atomic E-state index is 2.53. The first-order chi connectivity index (χ1) is 17.0. The van der Waals surface area contributed by atoms with E-state index in [1.807, 2.05) is 0 Å². The lowest BCUT2D eigenvalue weighted by molar-refractivity contribution is 0.335. The maximum atomic E-state index is 2.53. The van der Waals surface area contributed by atoms with Gasteiger partial charge in [0.05, 0.1) is 0 Å². The van der Waals surface area contributed by atoms with Gasteiger partial charge in [0.25, 0.3) is 0 Å². The average molecular weight is 468 g/mol. The Kier molecular flexibility index (Phi) is 8.71. The zero-order valence-electron chi connectivity index (χ0n) is 22.5. The van der Waals surface area contributed by atoms with E-state index in [4.69, 9.17) is 0 Å². The number of hydrogen-bond acceptors (Lipinski definition) is 0. The summed E-state index contributed by atoms with van der Waals surface area (Å²) in [5.74, 6) is 0.687. The second-order valence-electron chi connectivity index (χ2n) is 11.7. The number of para-hydroxylation sites is 2. The molecule has 0 aliphatic heterocycles. The van der Waals surface area contributed by atoms with Crippen molar-refractivity contribution < 1.29 is 0 Å². The molecule has 186 valence electrons. The van der Waals surface area contributed by atoms with Gasteiger partial charge in [-0.1, -0.05) is 114 Å². The van der Waals surface area contributed by atoms with Crippen molar-refractivity contribution in [3.05, 3.63) is 83.9 Å². The number of aromatic nitrogens is 1. The van der Waals surface area contributed by atoms with Crippen LogP contribution < -0.4 is 0 Å². The van der Waals surface area contributed by atoms with Gasteiger partial charge < -0.3 is 4.57 Å². The standard InChI is InChI=1S/C34H45N/c1-5-28(26-34(2,3)4)29-23-21-27(22-24-29)16-10-8-6-7-9-15-25-35-32-19-13-11-17-30(32)31-18-12-14-20-33(31)35/h11-14,17-24,28H,5-10,15-16,25-26H2,1-4H3. The van der Waals surface area contributed by atoms with Crippen molar-refractivity contribution in [3.63, 3.8) is 0 Å². The SMILES string of the molecule is CCC(CC(C)(C)C)c1ccc(CCCCCCCCn2c3ccccc3c3ccccc32)cc1. The number of fused-ring (bicyclic) bond motifs is 3. The van der Waals surface area contributed by atoms with Crippen molar-refractivity contribution in [2.24, 2.45) is 5.41 Å². The Balaban J connectivity index is 1.17. The molecule has 0 radical (unpaired) electrons. The summed E-state index contributed by atoms with van der Waals surface area (Å²) in [6.45, 7) is 10.5.